The predicted molar refractivity (Wildman–Crippen MR) is 69.1 cm³/mol. The van der Waals surface area contributed by atoms with Crippen LogP contribution in [0.2, 0.25) is 0 Å². The van der Waals surface area contributed by atoms with Crippen LogP contribution in [0.25, 0.3) is 0 Å². The van der Waals surface area contributed by atoms with Crippen LogP contribution in [-0.2, 0) is 9.84 Å². The minimum atomic E-state index is -3.82. The normalized spacial score (nSPS) is 15.1. The third-order valence-corrected chi connectivity index (χ3v) is 6.15. The van der Waals surface area contributed by atoms with E-state index in [2.05, 4.69) is 0 Å². The molecule has 0 fully saturated rings. The Bertz CT molecular complexity index is 556. The van der Waals surface area contributed by atoms with Gasteiger partial charge in [0.25, 0.3) is 0 Å². The van der Waals surface area contributed by atoms with Crippen molar-refractivity contribution in [2.75, 3.05) is 5.75 Å². The Balaban J connectivity index is 3.36. The monoisotopic (exact) mass is 292 g/mol. The first kappa shape index (κ1) is 15.1. The molecule has 1 rings (SSSR count). The van der Waals surface area contributed by atoms with Crippen molar-refractivity contribution >= 4 is 27.2 Å². The molecule has 3 nitrogen and oxygen atoms in total. The lowest BCUT2D eigenvalue weighted by atomic mass is 10.1. The van der Waals surface area contributed by atoms with Crippen molar-refractivity contribution in [3.8, 4) is 0 Å². The van der Waals surface area contributed by atoms with Crippen molar-refractivity contribution < 1.29 is 17.6 Å². The van der Waals surface area contributed by atoms with Gasteiger partial charge < -0.3 is 0 Å². The molecule has 0 aliphatic carbocycles. The van der Waals surface area contributed by atoms with Crippen LogP contribution in [0.1, 0.15) is 30.6 Å². The highest BCUT2D eigenvalue weighted by molar-refractivity contribution is 7.95. The van der Waals surface area contributed by atoms with Crippen molar-refractivity contribution in [3.63, 3.8) is 0 Å². The van der Waals surface area contributed by atoms with Crippen LogP contribution < -0.4 is 0 Å². The summed E-state index contributed by atoms with van der Waals surface area (Å²) in [7, 11) is -3.82. The number of carbonyl (C=O) groups excluding carboxylic acids is 1. The largest absolute Gasteiger partial charge is 0.291 e. The van der Waals surface area contributed by atoms with E-state index in [1.54, 1.807) is 0 Å². The quantitative estimate of drug-likeness (QED) is 0.619. The maximum absolute atomic E-state index is 13.5. The topological polar surface area (TPSA) is 51.2 Å². The van der Waals surface area contributed by atoms with Gasteiger partial charge in [-0.2, -0.15) is 0 Å². The van der Waals surface area contributed by atoms with Gasteiger partial charge in [-0.15, -0.1) is 0 Å². The van der Waals surface area contributed by atoms with Gasteiger partial charge in [-0.3, -0.25) is 4.79 Å². The standard InChI is InChI=1S/C12H14ClFO3S/c1-3-12(13,18(16,17)4-2)11(15)9-7-5-6-8-10(9)14/h5-8H,3-4H2,1-2H3. The molecule has 1 aromatic rings. The Kier molecular flexibility index (Phi) is 4.50. The second-order valence-electron chi connectivity index (χ2n) is 3.79. The Hall–Kier alpha value is -0.940. The number of sulfone groups is 1. The van der Waals surface area contributed by atoms with Crippen LogP contribution in [0.3, 0.4) is 0 Å². The Morgan fingerprint density at radius 1 is 1.33 bits per heavy atom. The highest BCUT2D eigenvalue weighted by atomic mass is 35.5. The summed E-state index contributed by atoms with van der Waals surface area (Å²) in [6.07, 6.45) is -0.113. The van der Waals surface area contributed by atoms with Crippen molar-refractivity contribution in [2.45, 2.75) is 24.5 Å². The highest BCUT2D eigenvalue weighted by Gasteiger charge is 2.47. The van der Waals surface area contributed by atoms with Crippen LogP contribution in [0.15, 0.2) is 24.3 Å². The van der Waals surface area contributed by atoms with Crippen LogP contribution in [0.4, 0.5) is 4.39 Å². The second-order valence-corrected chi connectivity index (χ2v) is 7.17. The first-order chi connectivity index (χ1) is 8.30. The lowest BCUT2D eigenvalue weighted by Crippen LogP contribution is -2.42. The number of rotatable bonds is 5. The third kappa shape index (κ3) is 2.42. The lowest BCUT2D eigenvalue weighted by molar-refractivity contribution is 0.0966. The Morgan fingerprint density at radius 3 is 2.33 bits per heavy atom. The van der Waals surface area contributed by atoms with E-state index in [-0.39, 0.29) is 17.7 Å². The van der Waals surface area contributed by atoms with Gasteiger partial charge in [-0.05, 0) is 18.6 Å². The molecule has 1 atom stereocenters. The first-order valence-electron chi connectivity index (χ1n) is 5.50. The molecular weight excluding hydrogens is 279 g/mol. The van der Waals surface area contributed by atoms with E-state index in [9.17, 15) is 17.6 Å². The van der Waals surface area contributed by atoms with Gasteiger partial charge in [0.2, 0.25) is 9.99 Å². The van der Waals surface area contributed by atoms with Gasteiger partial charge >= 0.3 is 0 Å². The second kappa shape index (κ2) is 5.36. The van der Waals surface area contributed by atoms with Crippen molar-refractivity contribution in [1.82, 2.24) is 0 Å². The zero-order chi connectivity index (χ0) is 14.0. The molecule has 0 saturated carbocycles. The molecule has 1 unspecified atom stereocenters. The molecule has 0 radical (unpaired) electrons. The average Bonchev–Trinajstić information content (AvgIpc) is 2.37. The summed E-state index contributed by atoms with van der Waals surface area (Å²) in [5.74, 6) is -1.95. The fraction of sp³-hybridized carbons (Fsp3) is 0.417. The van der Waals surface area contributed by atoms with Crippen LogP contribution in [0.5, 0.6) is 0 Å². The summed E-state index contributed by atoms with van der Waals surface area (Å²) in [4.78, 5) is 12.2. The summed E-state index contributed by atoms with van der Waals surface area (Å²) in [6.45, 7) is 2.88. The van der Waals surface area contributed by atoms with Gasteiger partial charge in [0.05, 0.1) is 5.56 Å². The van der Waals surface area contributed by atoms with Gasteiger partial charge in [0, 0.05) is 5.75 Å². The SMILES string of the molecule is CCC(Cl)(C(=O)c1ccccc1F)S(=O)(=O)CC. The molecule has 0 N–H and O–H groups in total. The molecule has 6 heteroatoms. The summed E-state index contributed by atoms with van der Waals surface area (Å²) in [5, 5.41) is 0. The number of alkyl halides is 1. The van der Waals surface area contributed by atoms with Crippen molar-refractivity contribution in [2.24, 2.45) is 0 Å². The molecule has 0 bridgehead atoms. The van der Waals surface area contributed by atoms with Gasteiger partial charge in [0.15, 0.2) is 9.84 Å². The maximum Gasteiger partial charge on any atom is 0.207 e. The third-order valence-electron chi connectivity index (χ3n) is 2.79. The summed E-state index contributed by atoms with van der Waals surface area (Å²) < 4.78 is 35.2. The van der Waals surface area contributed by atoms with Gasteiger partial charge in [-0.1, -0.05) is 37.6 Å². The number of ketones is 1. The number of hydrogen-bond donors (Lipinski definition) is 0. The lowest BCUT2D eigenvalue weighted by Gasteiger charge is -2.23. The number of halogens is 2. The van der Waals surface area contributed by atoms with Crippen molar-refractivity contribution in [1.29, 1.82) is 0 Å². The minimum Gasteiger partial charge on any atom is -0.291 e. The van der Waals surface area contributed by atoms with E-state index in [0.717, 1.165) is 6.07 Å². The number of benzene rings is 1. The molecule has 0 saturated heterocycles. The maximum atomic E-state index is 13.5. The molecule has 0 spiro atoms. The summed E-state index contributed by atoms with van der Waals surface area (Å²) >= 11 is 5.97. The average molecular weight is 293 g/mol. The fourth-order valence-electron chi connectivity index (χ4n) is 1.60. The number of hydrogen-bond acceptors (Lipinski definition) is 3. The Morgan fingerprint density at radius 2 is 1.89 bits per heavy atom. The zero-order valence-corrected chi connectivity index (χ0v) is 11.7. The van der Waals surface area contributed by atoms with E-state index < -0.39 is 25.6 Å². The van der Waals surface area contributed by atoms with Crippen molar-refractivity contribution in [3.05, 3.63) is 35.6 Å². The molecule has 0 aliphatic rings. The van der Waals surface area contributed by atoms with E-state index in [0.29, 0.717) is 0 Å². The number of Topliss-reactive ketones (excluding diaryl/α,β-unsaturated/α-hetero) is 1. The van der Waals surface area contributed by atoms with E-state index in [1.807, 2.05) is 0 Å². The van der Waals surface area contributed by atoms with Gasteiger partial charge in [-0.25, -0.2) is 12.8 Å². The molecule has 0 amide bonds. The van der Waals surface area contributed by atoms with Crippen LogP contribution >= 0.6 is 11.6 Å². The molecule has 18 heavy (non-hydrogen) atoms. The smallest absolute Gasteiger partial charge is 0.207 e. The van der Waals surface area contributed by atoms with Crippen LogP contribution in [-0.4, -0.2) is 24.2 Å². The molecule has 0 aromatic heterocycles. The number of carbonyl (C=O) groups is 1. The zero-order valence-electron chi connectivity index (χ0n) is 10.1. The molecular formula is C12H14ClFO3S. The Labute approximate surface area is 111 Å². The predicted octanol–water partition coefficient (Wildman–Crippen LogP) is 2.79. The molecule has 1 aromatic carbocycles. The molecule has 100 valence electrons. The highest BCUT2D eigenvalue weighted by Crippen LogP contribution is 2.32. The minimum absolute atomic E-state index is 0.113. The van der Waals surface area contributed by atoms with E-state index >= 15 is 0 Å². The van der Waals surface area contributed by atoms with Gasteiger partial charge in [0.1, 0.15) is 5.82 Å². The fourth-order valence-corrected chi connectivity index (χ4v) is 3.32. The molecule has 0 heterocycles. The van der Waals surface area contributed by atoms with Crippen LogP contribution in [0, 0.1) is 5.82 Å². The first-order valence-corrected chi connectivity index (χ1v) is 7.53. The van der Waals surface area contributed by atoms with E-state index in [1.165, 1.54) is 32.0 Å². The summed E-state index contributed by atoms with van der Waals surface area (Å²) in [6, 6.07) is 5.21. The molecule has 0 aliphatic heterocycles. The summed E-state index contributed by atoms with van der Waals surface area (Å²) in [5.41, 5.74) is -0.300. The van der Waals surface area contributed by atoms with E-state index in [4.69, 9.17) is 11.6 Å².